The molecule has 0 amide bonds. The lowest BCUT2D eigenvalue weighted by Gasteiger charge is -2.20. The maximum Gasteiger partial charge on any atom is 0.269 e. The van der Waals surface area contributed by atoms with Crippen molar-refractivity contribution in [3.8, 4) is 95.5 Å². The molecule has 84 heavy (non-hydrogen) atoms. The molecule has 0 saturated carbocycles. The first kappa shape index (κ1) is 51.3. The molecule has 14 rings (SSSR count). The monoisotopic (exact) mass is 1080 g/mol. The molecule has 0 fully saturated rings. The smallest absolute Gasteiger partial charge is 0.269 e. The predicted molar refractivity (Wildman–Crippen MR) is 345 cm³/mol. The van der Waals surface area contributed by atoms with Crippen molar-refractivity contribution in [2.75, 3.05) is 0 Å². The van der Waals surface area contributed by atoms with Gasteiger partial charge < -0.3 is 4.74 Å². The molecule has 6 heteroatoms. The van der Waals surface area contributed by atoms with E-state index < -0.39 is 0 Å². The zero-order valence-electron chi connectivity index (χ0n) is 47.1. The molecule has 0 saturated heterocycles. The first-order valence-electron chi connectivity index (χ1n) is 28.4. The van der Waals surface area contributed by atoms with Gasteiger partial charge in [-0.3, -0.25) is 13.7 Å². The van der Waals surface area contributed by atoms with Gasteiger partial charge in [-0.25, -0.2) is 9.83 Å². The number of rotatable bonds is 11. The van der Waals surface area contributed by atoms with Crippen molar-refractivity contribution < 1.29 is 9.30 Å². The molecule has 0 N–H and O–H groups in total. The summed E-state index contributed by atoms with van der Waals surface area (Å²) in [4.78, 5) is 8.98. The molecule has 3 heterocycles. The standard InChI is InChI=1S/C78H57N5O/c1-52-33-36-72-71(39-52)70-35-34-66(50-75(70)83(72)76-46-63(37-38-80-76)78(2,3)4)84-67-48-64(79-5)47-65(49-67)81-51-82(74-32-19-18-31-73(74)81)77-68(61-42-57(53-21-10-6-11-22-53)40-58(43-61)54-23-12-7-13-24-54)29-20-30-69(77)62-44-59(55-25-14-8-15-26-55)41-60(45-62)56-27-16-9-17-28-56/h6-50H,1-4H3. The molecule has 0 atom stereocenters. The lowest BCUT2D eigenvalue weighted by molar-refractivity contribution is -0.571. The third kappa shape index (κ3) is 9.68. The van der Waals surface area contributed by atoms with Crippen LogP contribution >= 0.6 is 0 Å². The minimum atomic E-state index is -0.0670. The van der Waals surface area contributed by atoms with Crippen LogP contribution in [-0.2, 0) is 5.41 Å². The average molecular weight is 1080 g/mol. The maximum atomic E-state index is 8.45. The number of hydrogen-bond donors (Lipinski definition) is 0. The highest BCUT2D eigenvalue weighted by Gasteiger charge is 2.24. The quantitative estimate of drug-likeness (QED) is 0.0957. The Bertz CT molecular complexity index is 4590. The van der Waals surface area contributed by atoms with Gasteiger partial charge in [0.25, 0.3) is 6.33 Å². The SMILES string of the molecule is [C-]#[N+]c1cc(Oc2ccc3c4cc(C)ccc4n(-c4cc(C(C)(C)C)ccn4)c3c2)cc(-n2[c-][n+](-c3c(-c4cc(-c5ccccc5)cc(-c5ccccc5)c4)cccc3-c3cc(-c4ccccc4)cc(-c4ccccc4)c3)c3ccccc32)c1. The number of nitrogens with zero attached hydrogens (tertiary/aromatic N) is 5. The number of ether oxygens (including phenoxy) is 1. The summed E-state index contributed by atoms with van der Waals surface area (Å²) in [5.74, 6) is 2.01. The summed E-state index contributed by atoms with van der Waals surface area (Å²) >= 11 is 0. The fourth-order valence-electron chi connectivity index (χ4n) is 11.8. The van der Waals surface area contributed by atoms with Crippen LogP contribution in [0.5, 0.6) is 11.5 Å². The van der Waals surface area contributed by atoms with Crippen molar-refractivity contribution >= 4 is 38.5 Å². The van der Waals surface area contributed by atoms with Crippen molar-refractivity contribution in [3.05, 3.63) is 302 Å². The number of pyridine rings is 1. The summed E-state index contributed by atoms with van der Waals surface area (Å²) in [6, 6.07) is 94.4. The van der Waals surface area contributed by atoms with Gasteiger partial charge in [0.05, 0.1) is 40.0 Å². The topological polar surface area (TPSA) is 40.2 Å². The molecule has 14 aromatic rings. The van der Waals surface area contributed by atoms with Crippen LogP contribution in [0.25, 0.3) is 122 Å². The number of imidazole rings is 1. The minimum Gasteiger partial charge on any atom is -0.459 e. The highest BCUT2D eigenvalue weighted by Crippen LogP contribution is 2.43. The van der Waals surface area contributed by atoms with Gasteiger partial charge in [0.2, 0.25) is 0 Å². The van der Waals surface area contributed by atoms with E-state index in [-0.39, 0.29) is 5.41 Å². The predicted octanol–water partition coefficient (Wildman–Crippen LogP) is 20.2. The molecule has 0 aliphatic heterocycles. The fraction of sp³-hybridized carbons (Fsp3) is 0.0641. The first-order chi connectivity index (χ1) is 41.1. The van der Waals surface area contributed by atoms with E-state index in [1.54, 1.807) is 0 Å². The Kier molecular flexibility index (Phi) is 13.0. The van der Waals surface area contributed by atoms with E-state index >= 15 is 0 Å². The lowest BCUT2D eigenvalue weighted by atomic mass is 9.88. The Morgan fingerprint density at radius 1 is 0.452 bits per heavy atom. The Morgan fingerprint density at radius 2 is 1.00 bits per heavy atom. The molecule has 0 unspecified atom stereocenters. The highest BCUT2D eigenvalue weighted by molar-refractivity contribution is 6.10. The van der Waals surface area contributed by atoms with Crippen molar-refractivity contribution in [1.82, 2.24) is 14.1 Å². The largest absolute Gasteiger partial charge is 0.459 e. The van der Waals surface area contributed by atoms with Gasteiger partial charge in [0, 0.05) is 23.0 Å². The lowest BCUT2D eigenvalue weighted by Crippen LogP contribution is -2.31. The van der Waals surface area contributed by atoms with Crippen molar-refractivity contribution in [2.45, 2.75) is 33.1 Å². The summed E-state index contributed by atoms with van der Waals surface area (Å²) in [7, 11) is 0. The summed E-state index contributed by atoms with van der Waals surface area (Å²) in [5.41, 5.74) is 21.5. The van der Waals surface area contributed by atoms with Crippen LogP contribution in [0.4, 0.5) is 5.69 Å². The maximum absolute atomic E-state index is 8.45. The van der Waals surface area contributed by atoms with Gasteiger partial charge >= 0.3 is 0 Å². The van der Waals surface area contributed by atoms with Crippen LogP contribution < -0.4 is 9.30 Å². The first-order valence-corrected chi connectivity index (χ1v) is 28.4. The minimum absolute atomic E-state index is 0.0670. The van der Waals surface area contributed by atoms with Crippen LogP contribution in [0.15, 0.2) is 273 Å². The van der Waals surface area contributed by atoms with Crippen LogP contribution in [0.2, 0.25) is 0 Å². The number of aromatic nitrogens is 4. The van der Waals surface area contributed by atoms with E-state index in [9.17, 15) is 0 Å². The van der Waals surface area contributed by atoms with Gasteiger partial charge in [-0.15, -0.1) is 0 Å². The number of fused-ring (bicyclic) bond motifs is 4. The van der Waals surface area contributed by atoms with E-state index in [1.807, 2.05) is 30.5 Å². The second-order valence-electron chi connectivity index (χ2n) is 22.6. The molecule has 0 radical (unpaired) electrons. The summed E-state index contributed by atoms with van der Waals surface area (Å²) in [6.07, 6.45) is 5.82. The second-order valence-corrected chi connectivity index (χ2v) is 22.6. The van der Waals surface area contributed by atoms with Gasteiger partial charge in [-0.1, -0.05) is 196 Å². The Morgan fingerprint density at radius 3 is 1.56 bits per heavy atom. The molecular weight excluding hydrogens is 1020 g/mol. The van der Waals surface area contributed by atoms with E-state index in [0.29, 0.717) is 17.2 Å². The Balaban J connectivity index is 0.970. The average Bonchev–Trinajstić information content (AvgIpc) is 3.07. The van der Waals surface area contributed by atoms with Gasteiger partial charge in [-0.05, 0) is 176 Å². The van der Waals surface area contributed by atoms with Crippen LogP contribution in [-0.4, -0.2) is 14.1 Å². The van der Waals surface area contributed by atoms with Crippen molar-refractivity contribution in [1.29, 1.82) is 0 Å². The number of benzene rings is 11. The van der Waals surface area contributed by atoms with Gasteiger partial charge in [0.15, 0.2) is 5.69 Å². The third-order valence-corrected chi connectivity index (χ3v) is 16.0. The summed E-state index contributed by atoms with van der Waals surface area (Å²) in [6.45, 7) is 17.3. The van der Waals surface area contributed by atoms with E-state index in [1.165, 1.54) is 11.1 Å². The fourth-order valence-corrected chi connectivity index (χ4v) is 11.8. The van der Waals surface area contributed by atoms with E-state index in [4.69, 9.17) is 16.3 Å². The number of hydrogen-bond acceptors (Lipinski definition) is 2. The van der Waals surface area contributed by atoms with E-state index in [0.717, 1.165) is 117 Å². The zero-order chi connectivity index (χ0) is 56.9. The van der Waals surface area contributed by atoms with Crippen LogP contribution in [0.3, 0.4) is 0 Å². The molecular formula is C78H57N5O. The molecule has 0 aliphatic rings. The molecule has 0 aliphatic carbocycles. The third-order valence-electron chi connectivity index (χ3n) is 16.0. The molecule has 0 spiro atoms. The van der Waals surface area contributed by atoms with Crippen molar-refractivity contribution in [2.24, 2.45) is 0 Å². The summed E-state index contributed by atoms with van der Waals surface area (Å²) < 4.78 is 13.4. The number of aryl methyl sites for hydroxylation is 1. The van der Waals surface area contributed by atoms with Crippen molar-refractivity contribution in [3.63, 3.8) is 0 Å². The summed E-state index contributed by atoms with van der Waals surface area (Å²) in [5, 5.41) is 2.24. The number of para-hydroxylation sites is 3. The Hall–Kier alpha value is -10.9. The van der Waals surface area contributed by atoms with Crippen LogP contribution in [0.1, 0.15) is 31.9 Å². The van der Waals surface area contributed by atoms with Gasteiger partial charge in [-0.2, -0.15) is 0 Å². The molecule has 400 valence electrons. The molecule has 6 nitrogen and oxygen atoms in total. The second kappa shape index (κ2) is 21.2. The Labute approximate surface area is 489 Å². The zero-order valence-corrected chi connectivity index (χ0v) is 47.1. The normalized spacial score (nSPS) is 11.6. The van der Waals surface area contributed by atoms with E-state index in [2.05, 4.69) is 295 Å². The molecule has 0 bridgehead atoms. The van der Waals surface area contributed by atoms with Crippen LogP contribution in [0, 0.1) is 19.8 Å². The molecule has 3 aromatic heterocycles. The van der Waals surface area contributed by atoms with Gasteiger partial charge in [0.1, 0.15) is 17.3 Å². The highest BCUT2D eigenvalue weighted by atomic mass is 16.5. The molecule has 11 aromatic carbocycles.